The maximum absolute atomic E-state index is 11.9. The number of hydrogen-bond donors (Lipinski definition) is 3. The first-order valence-corrected chi connectivity index (χ1v) is 6.86. The Balaban J connectivity index is 2.32. The van der Waals surface area contributed by atoms with Gasteiger partial charge in [-0.15, -0.1) is 0 Å². The van der Waals surface area contributed by atoms with E-state index >= 15 is 0 Å². The standard InChI is InChI=1S/C15H20N4O2/c1-4-12(21-11-7-5-6-9(2)8-11)14-13(15(20)17-16)10(3)18-19-14/h5-8,12H,4,16H2,1-3H3,(H,17,20)(H,18,19). The van der Waals surface area contributed by atoms with E-state index in [-0.39, 0.29) is 12.0 Å². The fourth-order valence-corrected chi connectivity index (χ4v) is 2.23. The van der Waals surface area contributed by atoms with Crippen LogP contribution in [0, 0.1) is 13.8 Å². The molecule has 1 atom stereocenters. The molecule has 1 amide bonds. The van der Waals surface area contributed by atoms with Crippen molar-refractivity contribution in [2.24, 2.45) is 5.84 Å². The van der Waals surface area contributed by atoms with Gasteiger partial charge in [0.1, 0.15) is 17.5 Å². The number of hydrazine groups is 1. The van der Waals surface area contributed by atoms with E-state index in [2.05, 4.69) is 15.6 Å². The van der Waals surface area contributed by atoms with Crippen LogP contribution in [0.25, 0.3) is 0 Å². The van der Waals surface area contributed by atoms with Gasteiger partial charge in [0.15, 0.2) is 0 Å². The molecule has 6 heteroatoms. The highest BCUT2D eigenvalue weighted by atomic mass is 16.5. The first kappa shape index (κ1) is 15.1. The monoisotopic (exact) mass is 288 g/mol. The molecule has 21 heavy (non-hydrogen) atoms. The molecule has 0 spiro atoms. The van der Waals surface area contributed by atoms with Gasteiger partial charge in [0.05, 0.1) is 5.56 Å². The van der Waals surface area contributed by atoms with Crippen molar-refractivity contribution >= 4 is 5.91 Å². The van der Waals surface area contributed by atoms with Gasteiger partial charge in [0, 0.05) is 5.69 Å². The number of nitrogens with zero attached hydrogens (tertiary/aromatic N) is 1. The van der Waals surface area contributed by atoms with Crippen LogP contribution in [0.5, 0.6) is 5.75 Å². The number of nitrogens with one attached hydrogen (secondary N) is 2. The molecular weight excluding hydrogens is 268 g/mol. The Labute approximate surface area is 123 Å². The Morgan fingerprint density at radius 3 is 2.86 bits per heavy atom. The lowest BCUT2D eigenvalue weighted by atomic mass is 10.1. The van der Waals surface area contributed by atoms with Crippen LogP contribution >= 0.6 is 0 Å². The Morgan fingerprint density at radius 1 is 1.48 bits per heavy atom. The third kappa shape index (κ3) is 3.22. The average molecular weight is 288 g/mol. The van der Waals surface area contributed by atoms with Crippen LogP contribution in [0.3, 0.4) is 0 Å². The molecule has 1 aromatic heterocycles. The zero-order valence-corrected chi connectivity index (χ0v) is 12.4. The predicted molar refractivity (Wildman–Crippen MR) is 79.8 cm³/mol. The van der Waals surface area contributed by atoms with Gasteiger partial charge in [0.2, 0.25) is 0 Å². The summed E-state index contributed by atoms with van der Waals surface area (Å²) in [5.41, 5.74) is 4.93. The summed E-state index contributed by atoms with van der Waals surface area (Å²) in [4.78, 5) is 11.9. The van der Waals surface area contributed by atoms with Crippen LogP contribution in [0.15, 0.2) is 24.3 Å². The Bertz CT molecular complexity index is 636. The number of amides is 1. The molecule has 0 aliphatic carbocycles. The number of aromatic nitrogens is 2. The molecule has 1 aromatic carbocycles. The van der Waals surface area contributed by atoms with E-state index in [1.807, 2.05) is 38.1 Å². The number of nitrogens with two attached hydrogens (primary N) is 1. The van der Waals surface area contributed by atoms with E-state index in [1.165, 1.54) is 0 Å². The predicted octanol–water partition coefficient (Wildman–Crippen LogP) is 2.16. The number of hydrogen-bond acceptors (Lipinski definition) is 4. The van der Waals surface area contributed by atoms with Gasteiger partial charge < -0.3 is 4.74 Å². The smallest absolute Gasteiger partial charge is 0.269 e. The maximum atomic E-state index is 11.9. The van der Waals surface area contributed by atoms with Gasteiger partial charge in [-0.05, 0) is 38.0 Å². The van der Waals surface area contributed by atoms with Crippen LogP contribution in [-0.4, -0.2) is 16.1 Å². The third-order valence-electron chi connectivity index (χ3n) is 3.28. The SMILES string of the molecule is CCC(Oc1cccc(C)c1)c1n[nH]c(C)c1C(=O)NN. The lowest BCUT2D eigenvalue weighted by Crippen LogP contribution is -2.31. The van der Waals surface area contributed by atoms with E-state index in [9.17, 15) is 4.79 Å². The van der Waals surface area contributed by atoms with Crippen LogP contribution in [0.2, 0.25) is 0 Å². The molecule has 0 aliphatic rings. The Kier molecular flexibility index (Phi) is 4.59. The van der Waals surface area contributed by atoms with E-state index in [0.29, 0.717) is 23.4 Å². The summed E-state index contributed by atoms with van der Waals surface area (Å²) >= 11 is 0. The van der Waals surface area contributed by atoms with E-state index < -0.39 is 0 Å². The number of ether oxygens (including phenoxy) is 1. The number of carbonyl (C=O) groups excluding carboxylic acids is 1. The van der Waals surface area contributed by atoms with Crippen molar-refractivity contribution in [3.05, 3.63) is 46.8 Å². The minimum Gasteiger partial charge on any atom is -0.484 e. The summed E-state index contributed by atoms with van der Waals surface area (Å²) in [6.45, 7) is 5.76. The normalized spacial score (nSPS) is 12.0. The number of rotatable bonds is 5. The molecule has 0 aliphatic heterocycles. The summed E-state index contributed by atoms with van der Waals surface area (Å²) in [6, 6.07) is 7.77. The number of aryl methyl sites for hydroxylation is 2. The minimum atomic E-state index is -0.373. The molecule has 1 unspecified atom stereocenters. The van der Waals surface area contributed by atoms with Crippen molar-refractivity contribution in [2.75, 3.05) is 0 Å². The zero-order chi connectivity index (χ0) is 15.4. The highest BCUT2D eigenvalue weighted by Crippen LogP contribution is 2.27. The summed E-state index contributed by atoms with van der Waals surface area (Å²) in [5.74, 6) is 5.61. The van der Waals surface area contributed by atoms with Gasteiger partial charge in [-0.1, -0.05) is 19.1 Å². The molecule has 1 heterocycles. The maximum Gasteiger partial charge on any atom is 0.269 e. The number of nitrogen functional groups attached to an aromatic ring is 1. The van der Waals surface area contributed by atoms with Crippen LogP contribution in [0.4, 0.5) is 0 Å². The zero-order valence-electron chi connectivity index (χ0n) is 12.4. The second-order valence-corrected chi connectivity index (χ2v) is 4.91. The first-order valence-electron chi connectivity index (χ1n) is 6.86. The largest absolute Gasteiger partial charge is 0.484 e. The van der Waals surface area contributed by atoms with Crippen molar-refractivity contribution in [3.8, 4) is 5.75 Å². The summed E-state index contributed by atoms with van der Waals surface area (Å²) in [5, 5.41) is 7.03. The molecule has 2 rings (SSSR count). The van der Waals surface area contributed by atoms with Gasteiger partial charge in [-0.25, -0.2) is 5.84 Å². The van der Waals surface area contributed by atoms with Gasteiger partial charge in [-0.2, -0.15) is 5.10 Å². The fourth-order valence-electron chi connectivity index (χ4n) is 2.23. The summed E-state index contributed by atoms with van der Waals surface area (Å²) < 4.78 is 5.98. The van der Waals surface area contributed by atoms with Gasteiger partial charge >= 0.3 is 0 Å². The van der Waals surface area contributed by atoms with Crippen molar-refractivity contribution in [3.63, 3.8) is 0 Å². The summed E-state index contributed by atoms with van der Waals surface area (Å²) in [6.07, 6.45) is 0.368. The van der Waals surface area contributed by atoms with Crippen molar-refractivity contribution in [2.45, 2.75) is 33.3 Å². The van der Waals surface area contributed by atoms with Crippen molar-refractivity contribution in [1.29, 1.82) is 0 Å². The number of H-pyrrole nitrogens is 1. The third-order valence-corrected chi connectivity index (χ3v) is 3.28. The molecule has 6 nitrogen and oxygen atoms in total. The van der Waals surface area contributed by atoms with Crippen molar-refractivity contribution in [1.82, 2.24) is 15.6 Å². The lowest BCUT2D eigenvalue weighted by Gasteiger charge is -2.17. The molecule has 0 fully saturated rings. The number of carbonyl (C=O) groups is 1. The van der Waals surface area contributed by atoms with Gasteiger partial charge in [-0.3, -0.25) is 15.3 Å². The van der Waals surface area contributed by atoms with Crippen LogP contribution < -0.4 is 16.0 Å². The molecule has 0 radical (unpaired) electrons. The quantitative estimate of drug-likeness (QED) is 0.446. The molecule has 0 bridgehead atoms. The van der Waals surface area contributed by atoms with Crippen LogP contribution in [0.1, 0.15) is 46.8 Å². The van der Waals surface area contributed by atoms with Crippen molar-refractivity contribution < 1.29 is 9.53 Å². The number of benzene rings is 1. The molecule has 0 saturated carbocycles. The topological polar surface area (TPSA) is 93.0 Å². The van der Waals surface area contributed by atoms with E-state index in [4.69, 9.17) is 10.6 Å². The Morgan fingerprint density at radius 2 is 2.24 bits per heavy atom. The molecular formula is C15H20N4O2. The Hall–Kier alpha value is -2.34. The van der Waals surface area contributed by atoms with E-state index in [0.717, 1.165) is 11.3 Å². The fraction of sp³-hybridized carbons (Fsp3) is 0.333. The highest BCUT2D eigenvalue weighted by Gasteiger charge is 2.24. The second kappa shape index (κ2) is 6.41. The molecule has 2 aromatic rings. The van der Waals surface area contributed by atoms with Gasteiger partial charge in [0.25, 0.3) is 5.91 Å². The molecule has 0 saturated heterocycles. The van der Waals surface area contributed by atoms with Crippen LogP contribution in [-0.2, 0) is 0 Å². The molecule has 112 valence electrons. The number of aromatic amines is 1. The summed E-state index contributed by atoms with van der Waals surface area (Å²) in [7, 11) is 0. The molecule has 4 N–H and O–H groups in total. The lowest BCUT2D eigenvalue weighted by molar-refractivity contribution is 0.0947. The second-order valence-electron chi connectivity index (χ2n) is 4.91. The first-order chi connectivity index (χ1) is 10.1. The average Bonchev–Trinajstić information content (AvgIpc) is 2.85. The highest BCUT2D eigenvalue weighted by molar-refractivity contribution is 5.96. The minimum absolute atomic E-state index is 0.316. The van der Waals surface area contributed by atoms with E-state index in [1.54, 1.807) is 6.92 Å².